The average molecular weight is 356 g/mol. The Labute approximate surface area is 140 Å². The number of esters is 1. The van der Waals surface area contributed by atoms with E-state index in [1.165, 1.54) is 35.5 Å². The zero-order valence-corrected chi connectivity index (χ0v) is 14.2. The highest BCUT2D eigenvalue weighted by atomic mass is 32.2. The SMILES string of the molecule is CC(=O)N1CCN(S(=O)(=O)c2cccc(C(=O)OCCO)c2)CC1. The van der Waals surface area contributed by atoms with Crippen LogP contribution in [-0.2, 0) is 19.6 Å². The van der Waals surface area contributed by atoms with Gasteiger partial charge in [-0.2, -0.15) is 4.31 Å². The number of hydrogen-bond acceptors (Lipinski definition) is 6. The molecule has 8 nitrogen and oxygen atoms in total. The summed E-state index contributed by atoms with van der Waals surface area (Å²) in [6, 6.07) is 5.59. The molecule has 0 spiro atoms. The van der Waals surface area contributed by atoms with Crippen molar-refractivity contribution in [1.29, 1.82) is 0 Å². The quantitative estimate of drug-likeness (QED) is 0.726. The van der Waals surface area contributed by atoms with Crippen molar-refractivity contribution in [3.63, 3.8) is 0 Å². The number of aliphatic hydroxyl groups is 1. The molecule has 1 fully saturated rings. The number of carbonyl (C=O) groups is 2. The highest BCUT2D eigenvalue weighted by molar-refractivity contribution is 7.89. The van der Waals surface area contributed by atoms with Gasteiger partial charge in [-0.25, -0.2) is 13.2 Å². The zero-order valence-electron chi connectivity index (χ0n) is 13.3. The molecule has 9 heteroatoms. The van der Waals surface area contributed by atoms with Crippen molar-refractivity contribution in [2.75, 3.05) is 39.4 Å². The number of amides is 1. The molecule has 1 saturated heterocycles. The minimum atomic E-state index is -3.75. The van der Waals surface area contributed by atoms with E-state index in [2.05, 4.69) is 0 Å². The normalized spacial score (nSPS) is 16.0. The summed E-state index contributed by atoms with van der Waals surface area (Å²) >= 11 is 0. The summed E-state index contributed by atoms with van der Waals surface area (Å²) in [6.07, 6.45) is 0. The summed E-state index contributed by atoms with van der Waals surface area (Å²) < 4.78 is 31.5. The fourth-order valence-corrected chi connectivity index (χ4v) is 3.87. The molecule has 0 unspecified atom stereocenters. The Balaban J connectivity index is 2.15. The van der Waals surface area contributed by atoms with Crippen LogP contribution in [0, 0.1) is 0 Å². The lowest BCUT2D eigenvalue weighted by Crippen LogP contribution is -2.49. The number of ether oxygens (including phenoxy) is 1. The van der Waals surface area contributed by atoms with E-state index in [-0.39, 0.29) is 42.7 Å². The Morgan fingerprint density at radius 3 is 2.46 bits per heavy atom. The van der Waals surface area contributed by atoms with E-state index < -0.39 is 16.0 Å². The first-order chi connectivity index (χ1) is 11.4. The molecule has 132 valence electrons. The highest BCUT2D eigenvalue weighted by Gasteiger charge is 2.29. The van der Waals surface area contributed by atoms with E-state index in [1.54, 1.807) is 4.90 Å². The number of nitrogens with zero attached hydrogens (tertiary/aromatic N) is 2. The third kappa shape index (κ3) is 4.11. The predicted molar refractivity (Wildman–Crippen MR) is 84.8 cm³/mol. The van der Waals surface area contributed by atoms with Gasteiger partial charge < -0.3 is 14.7 Å². The number of rotatable bonds is 5. The molecular weight excluding hydrogens is 336 g/mol. The van der Waals surface area contributed by atoms with Crippen LogP contribution in [-0.4, -0.2) is 74.0 Å². The summed E-state index contributed by atoms with van der Waals surface area (Å²) in [4.78, 5) is 24.7. The molecule has 0 aromatic heterocycles. The maximum absolute atomic E-state index is 12.7. The first-order valence-corrected chi connectivity index (χ1v) is 8.94. The molecular formula is C15H20N2O6S. The van der Waals surface area contributed by atoms with E-state index in [0.29, 0.717) is 13.1 Å². The van der Waals surface area contributed by atoms with E-state index in [0.717, 1.165) is 0 Å². The Kier molecular flexibility index (Phi) is 5.92. The van der Waals surface area contributed by atoms with Crippen LogP contribution in [0.15, 0.2) is 29.2 Å². The van der Waals surface area contributed by atoms with Gasteiger partial charge in [-0.15, -0.1) is 0 Å². The van der Waals surface area contributed by atoms with E-state index in [1.807, 2.05) is 0 Å². The lowest BCUT2D eigenvalue weighted by molar-refractivity contribution is -0.129. The number of piperazine rings is 1. The number of benzene rings is 1. The molecule has 2 rings (SSSR count). The topological polar surface area (TPSA) is 104 Å². The average Bonchev–Trinajstić information content (AvgIpc) is 2.59. The second-order valence-electron chi connectivity index (χ2n) is 5.30. The van der Waals surface area contributed by atoms with Gasteiger partial charge in [0, 0.05) is 33.1 Å². The monoisotopic (exact) mass is 356 g/mol. The number of carbonyl (C=O) groups excluding carboxylic acids is 2. The Hall–Kier alpha value is -1.97. The van der Waals surface area contributed by atoms with Crippen LogP contribution in [0.1, 0.15) is 17.3 Å². The van der Waals surface area contributed by atoms with Gasteiger partial charge in [0.1, 0.15) is 6.61 Å². The molecule has 0 bridgehead atoms. The van der Waals surface area contributed by atoms with E-state index in [9.17, 15) is 18.0 Å². The minimum Gasteiger partial charge on any atom is -0.460 e. The van der Waals surface area contributed by atoms with Crippen LogP contribution < -0.4 is 0 Å². The number of sulfonamides is 1. The Morgan fingerprint density at radius 2 is 1.88 bits per heavy atom. The lowest BCUT2D eigenvalue weighted by Gasteiger charge is -2.33. The minimum absolute atomic E-state index is 0.00257. The fraction of sp³-hybridized carbons (Fsp3) is 0.467. The molecule has 1 aromatic rings. The molecule has 0 saturated carbocycles. The predicted octanol–water partition coefficient (Wildman–Crippen LogP) is -0.311. The zero-order chi connectivity index (χ0) is 17.7. The molecule has 1 heterocycles. The fourth-order valence-electron chi connectivity index (χ4n) is 2.40. The second kappa shape index (κ2) is 7.73. The van der Waals surface area contributed by atoms with Crippen molar-refractivity contribution in [1.82, 2.24) is 9.21 Å². The molecule has 1 amide bonds. The molecule has 1 aliphatic rings. The number of hydrogen-bond donors (Lipinski definition) is 1. The largest absolute Gasteiger partial charge is 0.460 e. The Bertz CT molecular complexity index is 710. The summed E-state index contributed by atoms with van der Waals surface area (Å²) in [5.41, 5.74) is 0.104. The summed E-state index contributed by atoms with van der Waals surface area (Å²) in [6.45, 7) is 2.10. The third-order valence-electron chi connectivity index (χ3n) is 3.72. The van der Waals surface area contributed by atoms with E-state index in [4.69, 9.17) is 9.84 Å². The van der Waals surface area contributed by atoms with Gasteiger partial charge in [0.15, 0.2) is 0 Å². The van der Waals surface area contributed by atoms with Gasteiger partial charge in [-0.1, -0.05) is 6.07 Å². The molecule has 1 aliphatic heterocycles. The van der Waals surface area contributed by atoms with Gasteiger partial charge in [0.2, 0.25) is 15.9 Å². The number of aliphatic hydroxyl groups excluding tert-OH is 1. The van der Waals surface area contributed by atoms with Gasteiger partial charge in [-0.05, 0) is 18.2 Å². The van der Waals surface area contributed by atoms with Crippen LogP contribution >= 0.6 is 0 Å². The molecule has 0 radical (unpaired) electrons. The van der Waals surface area contributed by atoms with Crippen molar-refractivity contribution < 1.29 is 27.9 Å². The van der Waals surface area contributed by atoms with Crippen LogP contribution in [0.3, 0.4) is 0 Å². The molecule has 1 N–H and O–H groups in total. The highest BCUT2D eigenvalue weighted by Crippen LogP contribution is 2.19. The van der Waals surface area contributed by atoms with Gasteiger partial charge in [-0.3, -0.25) is 4.79 Å². The standard InChI is InChI=1S/C15H20N2O6S/c1-12(19)16-5-7-17(8-6-16)24(21,22)14-4-2-3-13(11-14)15(20)23-10-9-18/h2-4,11,18H,5-10H2,1H3. The van der Waals surface area contributed by atoms with Crippen LogP contribution in [0.25, 0.3) is 0 Å². The van der Waals surface area contributed by atoms with Crippen molar-refractivity contribution in [2.24, 2.45) is 0 Å². The molecule has 24 heavy (non-hydrogen) atoms. The van der Waals surface area contributed by atoms with Gasteiger partial charge in [0.25, 0.3) is 0 Å². The smallest absolute Gasteiger partial charge is 0.338 e. The van der Waals surface area contributed by atoms with Crippen molar-refractivity contribution >= 4 is 21.9 Å². The van der Waals surface area contributed by atoms with Crippen LogP contribution in [0.2, 0.25) is 0 Å². The van der Waals surface area contributed by atoms with Crippen molar-refractivity contribution in [2.45, 2.75) is 11.8 Å². The van der Waals surface area contributed by atoms with Gasteiger partial charge in [0.05, 0.1) is 17.1 Å². The van der Waals surface area contributed by atoms with Crippen LogP contribution in [0.4, 0.5) is 0 Å². The maximum Gasteiger partial charge on any atom is 0.338 e. The third-order valence-corrected chi connectivity index (χ3v) is 5.61. The molecule has 1 aromatic carbocycles. The van der Waals surface area contributed by atoms with Crippen molar-refractivity contribution in [3.8, 4) is 0 Å². The lowest BCUT2D eigenvalue weighted by atomic mass is 10.2. The summed E-state index contributed by atoms with van der Waals surface area (Å²) in [7, 11) is -3.75. The van der Waals surface area contributed by atoms with Crippen LogP contribution in [0.5, 0.6) is 0 Å². The molecule has 0 atom stereocenters. The summed E-state index contributed by atoms with van der Waals surface area (Å²) in [5.74, 6) is -0.775. The second-order valence-corrected chi connectivity index (χ2v) is 7.24. The van der Waals surface area contributed by atoms with E-state index >= 15 is 0 Å². The first kappa shape index (κ1) is 18.4. The van der Waals surface area contributed by atoms with Crippen molar-refractivity contribution in [3.05, 3.63) is 29.8 Å². The summed E-state index contributed by atoms with van der Waals surface area (Å²) in [5, 5.41) is 8.67. The van der Waals surface area contributed by atoms with Gasteiger partial charge >= 0.3 is 5.97 Å². The maximum atomic E-state index is 12.7. The first-order valence-electron chi connectivity index (χ1n) is 7.50. The Morgan fingerprint density at radius 1 is 1.21 bits per heavy atom. The molecule has 0 aliphatic carbocycles.